The third-order valence-electron chi connectivity index (χ3n) is 3.79. The first-order valence-corrected chi connectivity index (χ1v) is 11.5. The van der Waals surface area contributed by atoms with Crippen LogP contribution in [0.2, 0.25) is 0 Å². The summed E-state index contributed by atoms with van der Waals surface area (Å²) in [7, 11) is -7.82. The number of hydrogen-bond donors (Lipinski definition) is 2. The summed E-state index contributed by atoms with van der Waals surface area (Å²) in [4.78, 5) is -0.118. The molecule has 0 saturated heterocycles. The van der Waals surface area contributed by atoms with Crippen LogP contribution >= 0.6 is 11.7 Å². The van der Waals surface area contributed by atoms with Gasteiger partial charge in [-0.25, -0.2) is 30.9 Å². The first-order chi connectivity index (χ1) is 13.4. The fourth-order valence-electron chi connectivity index (χ4n) is 2.52. The number of sulfonamides is 2. The quantitative estimate of drug-likeness (QED) is 0.390. The molecular formula is C14H12N6O5S3. The monoisotopic (exact) mass is 440 g/mol. The Kier molecular flexibility index (Phi) is 4.80. The van der Waals surface area contributed by atoms with Gasteiger partial charge >= 0.3 is 0 Å². The molecule has 0 saturated carbocycles. The van der Waals surface area contributed by atoms with Gasteiger partial charge in [-0.3, -0.25) is 0 Å². The van der Waals surface area contributed by atoms with Gasteiger partial charge in [0.25, 0.3) is 0 Å². The molecule has 0 amide bonds. The zero-order chi connectivity index (χ0) is 19.8. The Morgan fingerprint density at radius 2 is 1.39 bits per heavy atom. The first-order valence-electron chi connectivity index (χ1n) is 7.80. The topological polar surface area (TPSA) is 157 Å². The van der Waals surface area contributed by atoms with E-state index >= 15 is 0 Å². The fraction of sp³-hybridized carbons (Fsp3) is 0.143. The number of aromatic nitrogens is 4. The van der Waals surface area contributed by atoms with Gasteiger partial charge < -0.3 is 0 Å². The third kappa shape index (κ3) is 3.47. The summed E-state index contributed by atoms with van der Waals surface area (Å²) in [6, 6.07) is 9.06. The number of hydrogen-bond acceptors (Lipinski definition) is 10. The van der Waals surface area contributed by atoms with Crippen molar-refractivity contribution in [2.45, 2.75) is 9.79 Å². The summed E-state index contributed by atoms with van der Waals surface area (Å²) in [5, 5.41) is 7.18. The van der Waals surface area contributed by atoms with Gasteiger partial charge in [-0.1, -0.05) is 12.1 Å². The molecule has 0 fully saturated rings. The van der Waals surface area contributed by atoms with Crippen molar-refractivity contribution >= 4 is 53.8 Å². The maximum Gasteiger partial charge on any atom is 0.242 e. The lowest BCUT2D eigenvalue weighted by molar-refractivity contribution is 0.315. The maximum atomic E-state index is 12.5. The van der Waals surface area contributed by atoms with Gasteiger partial charge in [0.05, 0.1) is 11.7 Å². The van der Waals surface area contributed by atoms with Gasteiger partial charge in [0.2, 0.25) is 20.0 Å². The molecule has 0 unspecified atom stereocenters. The van der Waals surface area contributed by atoms with Crippen LogP contribution in [0.4, 0.5) is 0 Å². The molecule has 2 N–H and O–H groups in total. The lowest BCUT2D eigenvalue weighted by Crippen LogP contribution is -2.34. The Bertz CT molecular complexity index is 1260. The highest BCUT2D eigenvalue weighted by Gasteiger charge is 2.22. The molecule has 2 heterocycles. The Morgan fingerprint density at radius 3 is 2.07 bits per heavy atom. The van der Waals surface area contributed by atoms with E-state index in [0.717, 1.165) is 11.7 Å². The van der Waals surface area contributed by atoms with Crippen molar-refractivity contribution in [2.75, 3.05) is 13.1 Å². The number of nitrogens with zero attached hydrogens (tertiary/aromatic N) is 4. The minimum Gasteiger partial charge on any atom is -0.243 e. The van der Waals surface area contributed by atoms with Crippen molar-refractivity contribution in [3.63, 3.8) is 0 Å². The van der Waals surface area contributed by atoms with E-state index in [1.165, 1.54) is 18.2 Å². The van der Waals surface area contributed by atoms with Crippen molar-refractivity contribution in [2.24, 2.45) is 0 Å². The van der Waals surface area contributed by atoms with Crippen molar-refractivity contribution in [3.05, 3.63) is 36.4 Å². The average Bonchev–Trinajstić information content (AvgIpc) is 3.33. The minimum absolute atomic E-state index is 0.0138. The number of fused-ring (bicyclic) bond motifs is 2. The van der Waals surface area contributed by atoms with Gasteiger partial charge in [0.1, 0.15) is 26.3 Å². The third-order valence-corrected chi connectivity index (χ3v) is 7.31. The standard InChI is InChI=1S/C14H12N6O5S3/c21-27(22,11-5-1-3-9-13(11)18-25-17-9)15-7-8-16-28(23,24)12-6-2-4-10-14(12)20-26-19-10/h1-6,15-16H,7-8H2. The molecule has 0 aliphatic carbocycles. The Morgan fingerprint density at radius 1 is 0.786 bits per heavy atom. The molecule has 4 aromatic rings. The molecule has 0 bridgehead atoms. The second-order valence-electron chi connectivity index (χ2n) is 5.57. The Balaban J connectivity index is 1.45. The molecule has 0 aliphatic heterocycles. The van der Waals surface area contributed by atoms with Gasteiger partial charge in [0.15, 0.2) is 5.52 Å². The van der Waals surface area contributed by atoms with E-state index in [1.54, 1.807) is 18.2 Å². The van der Waals surface area contributed by atoms with Crippen molar-refractivity contribution in [3.8, 4) is 0 Å². The summed E-state index contributed by atoms with van der Waals surface area (Å²) in [5.74, 6) is 0. The molecule has 14 heteroatoms. The SMILES string of the molecule is O=S(=O)(NCCNS(=O)(=O)c1cccc2nsnc12)c1cccc2nonc12. The summed E-state index contributed by atoms with van der Waals surface area (Å²) in [6.45, 7) is -0.336. The van der Waals surface area contributed by atoms with Crippen LogP contribution in [0, 0.1) is 0 Å². The van der Waals surface area contributed by atoms with Crippen LogP contribution < -0.4 is 9.44 Å². The van der Waals surface area contributed by atoms with Crippen LogP contribution in [-0.2, 0) is 20.0 Å². The highest BCUT2D eigenvalue weighted by molar-refractivity contribution is 7.90. The van der Waals surface area contributed by atoms with Crippen molar-refractivity contribution in [1.29, 1.82) is 0 Å². The van der Waals surface area contributed by atoms with E-state index in [9.17, 15) is 16.8 Å². The lowest BCUT2D eigenvalue weighted by Gasteiger charge is -2.09. The van der Waals surface area contributed by atoms with E-state index in [2.05, 4.69) is 33.1 Å². The summed E-state index contributed by atoms with van der Waals surface area (Å²) >= 11 is 0.912. The van der Waals surface area contributed by atoms with Crippen LogP contribution in [0.3, 0.4) is 0 Å². The molecule has 0 spiro atoms. The summed E-state index contributed by atoms with van der Waals surface area (Å²) in [5.41, 5.74) is 1.14. The highest BCUT2D eigenvalue weighted by Crippen LogP contribution is 2.21. The second kappa shape index (κ2) is 7.14. The molecule has 0 aliphatic rings. The predicted octanol–water partition coefficient (Wildman–Crippen LogP) is 0.484. The lowest BCUT2D eigenvalue weighted by atomic mass is 10.3. The number of rotatable bonds is 7. The summed E-state index contributed by atoms with van der Waals surface area (Å²) < 4.78 is 67.1. The van der Waals surface area contributed by atoms with Crippen LogP contribution in [0.5, 0.6) is 0 Å². The Labute approximate surface area is 163 Å². The van der Waals surface area contributed by atoms with Crippen LogP contribution in [0.1, 0.15) is 0 Å². The van der Waals surface area contributed by atoms with E-state index in [1.807, 2.05) is 0 Å². The number of benzene rings is 2. The van der Waals surface area contributed by atoms with Crippen molar-refractivity contribution < 1.29 is 21.5 Å². The van der Waals surface area contributed by atoms with Crippen molar-refractivity contribution in [1.82, 2.24) is 28.5 Å². The minimum atomic E-state index is -3.93. The van der Waals surface area contributed by atoms with Gasteiger partial charge in [0, 0.05) is 13.1 Å². The largest absolute Gasteiger partial charge is 0.243 e. The van der Waals surface area contributed by atoms with Crippen LogP contribution in [-0.4, -0.2) is 49.0 Å². The van der Waals surface area contributed by atoms with E-state index in [-0.39, 0.29) is 33.9 Å². The van der Waals surface area contributed by atoms with Gasteiger partial charge in [-0.2, -0.15) is 8.75 Å². The maximum absolute atomic E-state index is 12.5. The second-order valence-corrected chi connectivity index (χ2v) is 9.57. The molecule has 0 atom stereocenters. The van der Waals surface area contributed by atoms with E-state index in [4.69, 9.17) is 0 Å². The predicted molar refractivity (Wildman–Crippen MR) is 99.6 cm³/mol. The average molecular weight is 440 g/mol. The molecular weight excluding hydrogens is 428 g/mol. The van der Waals surface area contributed by atoms with Gasteiger partial charge in [-0.05, 0) is 34.6 Å². The normalized spacial score (nSPS) is 12.7. The fourth-order valence-corrected chi connectivity index (χ4v) is 5.50. The van der Waals surface area contributed by atoms with E-state index < -0.39 is 20.0 Å². The zero-order valence-corrected chi connectivity index (χ0v) is 16.4. The molecule has 4 rings (SSSR count). The Hall–Kier alpha value is -2.52. The van der Waals surface area contributed by atoms with E-state index in [0.29, 0.717) is 11.0 Å². The molecule has 146 valence electrons. The first kappa shape index (κ1) is 18.8. The summed E-state index contributed by atoms with van der Waals surface area (Å²) in [6.07, 6.45) is 0. The molecule has 2 aromatic carbocycles. The molecule has 0 radical (unpaired) electrons. The smallest absolute Gasteiger partial charge is 0.242 e. The molecule has 28 heavy (non-hydrogen) atoms. The zero-order valence-electron chi connectivity index (χ0n) is 13.9. The molecule has 11 nitrogen and oxygen atoms in total. The van der Waals surface area contributed by atoms with Crippen LogP contribution in [0.15, 0.2) is 50.8 Å². The number of nitrogens with one attached hydrogen (secondary N) is 2. The van der Waals surface area contributed by atoms with Gasteiger partial charge in [-0.15, -0.1) is 0 Å². The van der Waals surface area contributed by atoms with Crippen LogP contribution in [0.25, 0.3) is 22.1 Å². The molecule has 2 aromatic heterocycles. The highest BCUT2D eigenvalue weighted by atomic mass is 32.2.